The summed E-state index contributed by atoms with van der Waals surface area (Å²) in [7, 11) is -3.46. The van der Waals surface area contributed by atoms with Crippen LogP contribution in [0.2, 0.25) is 5.02 Å². The summed E-state index contributed by atoms with van der Waals surface area (Å²) in [5.74, 6) is 0.495. The first-order valence-electron chi connectivity index (χ1n) is 8.55. The third kappa shape index (κ3) is 6.77. The number of halogens is 1. The minimum absolute atomic E-state index is 0.187. The third-order valence-corrected chi connectivity index (χ3v) is 5.15. The molecule has 0 unspecified atom stereocenters. The SMILES string of the molecule is CCOc1cccc(NC(=O)CCCN(c2ccc(Cl)cc2)S(C)(=O)=O)c1. The number of hydrogen-bond donors (Lipinski definition) is 1. The first-order valence-corrected chi connectivity index (χ1v) is 10.8. The van der Waals surface area contributed by atoms with Gasteiger partial charge < -0.3 is 10.1 Å². The molecule has 0 saturated carbocycles. The van der Waals surface area contributed by atoms with Gasteiger partial charge in [-0.15, -0.1) is 0 Å². The smallest absolute Gasteiger partial charge is 0.232 e. The summed E-state index contributed by atoms with van der Waals surface area (Å²) in [4.78, 5) is 12.2. The van der Waals surface area contributed by atoms with Gasteiger partial charge in [0.25, 0.3) is 0 Å². The van der Waals surface area contributed by atoms with Crippen LogP contribution in [0.15, 0.2) is 48.5 Å². The van der Waals surface area contributed by atoms with Crippen molar-refractivity contribution in [2.24, 2.45) is 0 Å². The van der Waals surface area contributed by atoms with Crippen LogP contribution in [0.4, 0.5) is 11.4 Å². The fourth-order valence-corrected chi connectivity index (χ4v) is 3.62. The second kappa shape index (κ2) is 9.62. The molecule has 2 aromatic rings. The van der Waals surface area contributed by atoms with Gasteiger partial charge in [-0.05, 0) is 49.7 Å². The standard InChI is InChI=1S/C19H23ClN2O4S/c1-3-26-18-7-4-6-16(14-18)21-19(23)8-5-13-22(27(2,24)25)17-11-9-15(20)10-12-17/h4,6-7,9-12,14H,3,5,8,13H2,1-2H3,(H,21,23). The van der Waals surface area contributed by atoms with E-state index in [1.54, 1.807) is 42.5 Å². The zero-order valence-electron chi connectivity index (χ0n) is 15.3. The number of benzene rings is 2. The Morgan fingerprint density at radius 3 is 2.52 bits per heavy atom. The molecule has 0 aliphatic carbocycles. The van der Waals surface area contributed by atoms with Crippen molar-refractivity contribution in [3.05, 3.63) is 53.6 Å². The van der Waals surface area contributed by atoms with Crippen LogP contribution in [0.25, 0.3) is 0 Å². The second-order valence-electron chi connectivity index (χ2n) is 5.92. The van der Waals surface area contributed by atoms with Crippen molar-refractivity contribution in [3.63, 3.8) is 0 Å². The van der Waals surface area contributed by atoms with Gasteiger partial charge in [0.05, 0.1) is 18.6 Å². The predicted molar refractivity (Wildman–Crippen MR) is 109 cm³/mol. The lowest BCUT2D eigenvalue weighted by Crippen LogP contribution is -2.31. The highest BCUT2D eigenvalue weighted by atomic mass is 35.5. The van der Waals surface area contributed by atoms with Crippen LogP contribution < -0.4 is 14.4 Å². The van der Waals surface area contributed by atoms with Gasteiger partial charge in [0.15, 0.2) is 0 Å². The van der Waals surface area contributed by atoms with Crippen molar-refractivity contribution < 1.29 is 17.9 Å². The first-order chi connectivity index (χ1) is 12.8. The average molecular weight is 411 g/mol. The van der Waals surface area contributed by atoms with Crippen LogP contribution in [-0.2, 0) is 14.8 Å². The molecule has 0 spiro atoms. The predicted octanol–water partition coefficient (Wildman–Crippen LogP) is 3.92. The molecule has 0 radical (unpaired) electrons. The number of carbonyl (C=O) groups is 1. The van der Waals surface area contributed by atoms with Crippen LogP contribution in [0.1, 0.15) is 19.8 Å². The van der Waals surface area contributed by atoms with Gasteiger partial charge in [-0.1, -0.05) is 17.7 Å². The third-order valence-electron chi connectivity index (χ3n) is 3.71. The lowest BCUT2D eigenvalue weighted by molar-refractivity contribution is -0.116. The van der Waals surface area contributed by atoms with Gasteiger partial charge in [0.2, 0.25) is 15.9 Å². The highest BCUT2D eigenvalue weighted by molar-refractivity contribution is 7.92. The number of ether oxygens (including phenoxy) is 1. The number of hydrogen-bond acceptors (Lipinski definition) is 4. The summed E-state index contributed by atoms with van der Waals surface area (Å²) >= 11 is 5.85. The Morgan fingerprint density at radius 2 is 1.89 bits per heavy atom. The Labute approximate surface area is 165 Å². The molecule has 0 aliphatic rings. The number of nitrogens with one attached hydrogen (secondary N) is 1. The molecule has 0 bridgehead atoms. The van der Waals surface area contributed by atoms with E-state index in [1.165, 1.54) is 4.31 Å². The molecule has 0 heterocycles. The number of nitrogens with zero attached hydrogens (tertiary/aromatic N) is 1. The molecule has 0 atom stereocenters. The summed E-state index contributed by atoms with van der Waals surface area (Å²) in [6.07, 6.45) is 1.71. The Bertz CT molecular complexity index is 870. The number of anilines is 2. The van der Waals surface area contributed by atoms with E-state index in [9.17, 15) is 13.2 Å². The van der Waals surface area contributed by atoms with Crippen molar-refractivity contribution in [2.45, 2.75) is 19.8 Å². The number of amides is 1. The number of sulfonamides is 1. The molecule has 2 aromatic carbocycles. The molecular formula is C19H23ClN2O4S. The number of carbonyl (C=O) groups excluding carboxylic acids is 1. The Kier molecular flexibility index (Phi) is 7.50. The molecule has 27 heavy (non-hydrogen) atoms. The molecule has 6 nitrogen and oxygen atoms in total. The van der Waals surface area contributed by atoms with Gasteiger partial charge in [-0.3, -0.25) is 9.10 Å². The van der Waals surface area contributed by atoms with Crippen LogP contribution >= 0.6 is 11.6 Å². The molecular weight excluding hydrogens is 388 g/mol. The molecule has 2 rings (SSSR count). The van der Waals surface area contributed by atoms with Crippen LogP contribution in [-0.4, -0.2) is 33.7 Å². The van der Waals surface area contributed by atoms with Gasteiger partial charge >= 0.3 is 0 Å². The zero-order valence-corrected chi connectivity index (χ0v) is 16.9. The Morgan fingerprint density at radius 1 is 1.19 bits per heavy atom. The average Bonchev–Trinajstić information content (AvgIpc) is 2.59. The minimum Gasteiger partial charge on any atom is -0.494 e. The molecule has 0 aliphatic heterocycles. The molecule has 0 aromatic heterocycles. The van der Waals surface area contributed by atoms with Gasteiger partial charge in [0, 0.05) is 29.7 Å². The molecule has 0 saturated heterocycles. The highest BCUT2D eigenvalue weighted by Gasteiger charge is 2.17. The van der Waals surface area contributed by atoms with Crippen molar-refractivity contribution in [2.75, 3.05) is 29.0 Å². The summed E-state index contributed by atoms with van der Waals surface area (Å²) in [6.45, 7) is 2.63. The van der Waals surface area contributed by atoms with Gasteiger partial charge in [0.1, 0.15) is 5.75 Å². The molecule has 1 amide bonds. The monoisotopic (exact) mass is 410 g/mol. The summed E-state index contributed by atoms with van der Waals surface area (Å²) < 4.78 is 30.8. The lowest BCUT2D eigenvalue weighted by atomic mass is 10.2. The van der Waals surface area contributed by atoms with E-state index < -0.39 is 10.0 Å². The maximum absolute atomic E-state index is 12.2. The zero-order chi connectivity index (χ0) is 19.9. The van der Waals surface area contributed by atoms with E-state index in [-0.39, 0.29) is 18.9 Å². The van der Waals surface area contributed by atoms with Crippen LogP contribution in [0.3, 0.4) is 0 Å². The van der Waals surface area contributed by atoms with E-state index in [2.05, 4.69) is 5.32 Å². The quantitative estimate of drug-likeness (QED) is 0.679. The van der Waals surface area contributed by atoms with E-state index in [0.717, 1.165) is 6.26 Å². The van der Waals surface area contributed by atoms with Crippen molar-refractivity contribution in [1.29, 1.82) is 0 Å². The lowest BCUT2D eigenvalue weighted by Gasteiger charge is -2.22. The Balaban J connectivity index is 1.93. The van der Waals surface area contributed by atoms with Crippen LogP contribution in [0.5, 0.6) is 5.75 Å². The largest absolute Gasteiger partial charge is 0.494 e. The fourth-order valence-electron chi connectivity index (χ4n) is 2.53. The molecule has 8 heteroatoms. The topological polar surface area (TPSA) is 75.7 Å². The van der Waals surface area contributed by atoms with E-state index in [4.69, 9.17) is 16.3 Å². The Hall–Kier alpha value is -2.25. The molecule has 146 valence electrons. The highest BCUT2D eigenvalue weighted by Crippen LogP contribution is 2.21. The van der Waals surface area contributed by atoms with Crippen molar-refractivity contribution >= 4 is 38.9 Å². The first kappa shape index (κ1) is 21.1. The van der Waals surface area contributed by atoms with Crippen molar-refractivity contribution in [3.8, 4) is 5.75 Å². The van der Waals surface area contributed by atoms with E-state index in [0.29, 0.717) is 35.2 Å². The maximum Gasteiger partial charge on any atom is 0.232 e. The van der Waals surface area contributed by atoms with E-state index in [1.807, 2.05) is 13.0 Å². The second-order valence-corrected chi connectivity index (χ2v) is 8.27. The summed E-state index contributed by atoms with van der Waals surface area (Å²) in [5, 5.41) is 3.32. The fraction of sp³-hybridized carbons (Fsp3) is 0.316. The van der Waals surface area contributed by atoms with Gasteiger partial charge in [-0.2, -0.15) is 0 Å². The van der Waals surface area contributed by atoms with Crippen molar-refractivity contribution in [1.82, 2.24) is 0 Å². The summed E-state index contributed by atoms with van der Waals surface area (Å²) in [6, 6.07) is 13.7. The summed E-state index contributed by atoms with van der Waals surface area (Å²) in [5.41, 5.74) is 1.16. The normalized spacial score (nSPS) is 11.1. The maximum atomic E-state index is 12.2. The molecule has 0 fully saturated rings. The molecule has 1 N–H and O–H groups in total. The van der Waals surface area contributed by atoms with Crippen LogP contribution in [0, 0.1) is 0 Å². The number of rotatable bonds is 9. The van der Waals surface area contributed by atoms with E-state index >= 15 is 0 Å². The van der Waals surface area contributed by atoms with Gasteiger partial charge in [-0.25, -0.2) is 8.42 Å². The minimum atomic E-state index is -3.46.